The van der Waals surface area contributed by atoms with Gasteiger partial charge in [-0.3, -0.25) is 9.59 Å². The summed E-state index contributed by atoms with van der Waals surface area (Å²) in [5.74, 6) is 0.434. The van der Waals surface area contributed by atoms with Crippen LogP contribution in [-0.2, 0) is 14.3 Å². The van der Waals surface area contributed by atoms with Crippen molar-refractivity contribution >= 4 is 17.8 Å². The molecule has 0 aromatic carbocycles. The van der Waals surface area contributed by atoms with Crippen LogP contribution in [0.3, 0.4) is 0 Å². The van der Waals surface area contributed by atoms with Crippen LogP contribution in [0.1, 0.15) is 12.8 Å². The highest BCUT2D eigenvalue weighted by Crippen LogP contribution is 2.12. The van der Waals surface area contributed by atoms with Crippen molar-refractivity contribution in [2.75, 3.05) is 44.2 Å². The first-order chi connectivity index (χ1) is 11.2. The van der Waals surface area contributed by atoms with Crippen molar-refractivity contribution in [3.8, 4) is 0 Å². The number of hydrogen-bond acceptors (Lipinski definition) is 6. The molecule has 1 atom stereocenters. The molecular formula is C15H21N5O3. The van der Waals surface area contributed by atoms with Crippen LogP contribution in [0.15, 0.2) is 18.5 Å². The molecule has 2 aliphatic rings. The van der Waals surface area contributed by atoms with E-state index in [1.165, 1.54) is 0 Å². The Labute approximate surface area is 134 Å². The lowest BCUT2D eigenvalue weighted by Gasteiger charge is -2.34. The molecule has 2 amide bonds. The summed E-state index contributed by atoms with van der Waals surface area (Å²) in [5.41, 5.74) is 0. The van der Waals surface area contributed by atoms with Crippen LogP contribution < -0.4 is 10.2 Å². The third-order valence-electron chi connectivity index (χ3n) is 4.10. The molecule has 0 radical (unpaired) electrons. The van der Waals surface area contributed by atoms with Crippen molar-refractivity contribution in [1.82, 2.24) is 20.2 Å². The van der Waals surface area contributed by atoms with Crippen molar-refractivity contribution in [2.45, 2.75) is 18.9 Å². The van der Waals surface area contributed by atoms with Crippen LogP contribution in [0, 0.1) is 0 Å². The fraction of sp³-hybridized carbons (Fsp3) is 0.600. The maximum Gasteiger partial charge on any atom is 0.249 e. The van der Waals surface area contributed by atoms with E-state index in [0.717, 1.165) is 12.8 Å². The Bertz CT molecular complexity index is 539. The lowest BCUT2D eigenvalue weighted by atomic mass is 10.2. The van der Waals surface area contributed by atoms with Gasteiger partial charge in [-0.25, -0.2) is 9.97 Å². The first-order valence-electron chi connectivity index (χ1n) is 7.93. The van der Waals surface area contributed by atoms with Gasteiger partial charge in [0, 0.05) is 45.2 Å². The molecule has 3 heterocycles. The molecule has 1 aromatic rings. The molecule has 2 saturated heterocycles. The van der Waals surface area contributed by atoms with Gasteiger partial charge < -0.3 is 19.9 Å². The Morgan fingerprint density at radius 3 is 2.61 bits per heavy atom. The number of carbonyl (C=O) groups excluding carboxylic acids is 2. The number of ether oxygens (including phenoxy) is 1. The fourth-order valence-electron chi connectivity index (χ4n) is 2.78. The molecular weight excluding hydrogens is 298 g/mol. The quantitative estimate of drug-likeness (QED) is 0.799. The Kier molecular flexibility index (Phi) is 5.02. The summed E-state index contributed by atoms with van der Waals surface area (Å²) in [4.78, 5) is 36.3. The van der Waals surface area contributed by atoms with Crippen molar-refractivity contribution in [1.29, 1.82) is 0 Å². The smallest absolute Gasteiger partial charge is 0.249 e. The topological polar surface area (TPSA) is 87.7 Å². The third kappa shape index (κ3) is 3.95. The van der Waals surface area contributed by atoms with Crippen molar-refractivity contribution in [3.63, 3.8) is 0 Å². The number of amides is 2. The van der Waals surface area contributed by atoms with Gasteiger partial charge >= 0.3 is 0 Å². The van der Waals surface area contributed by atoms with E-state index < -0.39 is 6.10 Å². The highest BCUT2D eigenvalue weighted by Gasteiger charge is 2.26. The molecule has 124 valence electrons. The van der Waals surface area contributed by atoms with E-state index in [-0.39, 0.29) is 18.4 Å². The second-order valence-electron chi connectivity index (χ2n) is 5.64. The van der Waals surface area contributed by atoms with Crippen LogP contribution in [0.2, 0.25) is 0 Å². The maximum atomic E-state index is 12.2. The van der Waals surface area contributed by atoms with E-state index in [2.05, 4.69) is 20.2 Å². The minimum atomic E-state index is -0.394. The molecule has 0 spiro atoms. The van der Waals surface area contributed by atoms with Crippen LogP contribution in [0.5, 0.6) is 0 Å². The number of carbonyl (C=O) groups is 2. The number of aromatic nitrogens is 2. The number of anilines is 1. The van der Waals surface area contributed by atoms with Gasteiger partial charge in [-0.2, -0.15) is 0 Å². The highest BCUT2D eigenvalue weighted by atomic mass is 16.5. The van der Waals surface area contributed by atoms with E-state index in [0.29, 0.717) is 38.7 Å². The van der Waals surface area contributed by atoms with Crippen molar-refractivity contribution < 1.29 is 14.3 Å². The van der Waals surface area contributed by atoms with Gasteiger partial charge in [0.1, 0.15) is 6.10 Å². The first-order valence-corrected chi connectivity index (χ1v) is 7.93. The van der Waals surface area contributed by atoms with Gasteiger partial charge in [-0.05, 0) is 18.9 Å². The van der Waals surface area contributed by atoms with Gasteiger partial charge in [0.05, 0.1) is 6.54 Å². The summed E-state index contributed by atoms with van der Waals surface area (Å²) in [6.45, 7) is 3.24. The molecule has 23 heavy (non-hydrogen) atoms. The fourth-order valence-corrected chi connectivity index (χ4v) is 2.78. The van der Waals surface area contributed by atoms with Gasteiger partial charge in [0.15, 0.2) is 0 Å². The minimum absolute atomic E-state index is 0.0283. The van der Waals surface area contributed by atoms with E-state index in [4.69, 9.17) is 4.74 Å². The van der Waals surface area contributed by atoms with Gasteiger partial charge in [-0.1, -0.05) is 0 Å². The summed E-state index contributed by atoms with van der Waals surface area (Å²) in [6, 6.07) is 1.78. The van der Waals surface area contributed by atoms with Crippen LogP contribution in [0.4, 0.5) is 5.95 Å². The summed E-state index contributed by atoms with van der Waals surface area (Å²) >= 11 is 0. The second kappa shape index (κ2) is 7.36. The van der Waals surface area contributed by atoms with E-state index in [1.54, 1.807) is 23.4 Å². The predicted molar refractivity (Wildman–Crippen MR) is 82.8 cm³/mol. The summed E-state index contributed by atoms with van der Waals surface area (Å²) < 4.78 is 5.30. The summed E-state index contributed by atoms with van der Waals surface area (Å²) in [7, 11) is 0. The standard InChI is InChI=1S/C15H21N5O3/c21-13(11-18-14(22)12-3-1-10-23-12)19-6-8-20(9-7-19)15-16-4-2-5-17-15/h2,4-5,12H,1,3,6-11H2,(H,18,22). The number of hydrogen-bond donors (Lipinski definition) is 1. The Balaban J connectivity index is 1.42. The lowest BCUT2D eigenvalue weighted by molar-refractivity contribution is -0.136. The van der Waals surface area contributed by atoms with Gasteiger partial charge in [0.25, 0.3) is 0 Å². The van der Waals surface area contributed by atoms with Crippen LogP contribution in [-0.4, -0.2) is 72.1 Å². The first kappa shape index (κ1) is 15.7. The number of rotatable bonds is 4. The Morgan fingerprint density at radius 1 is 1.22 bits per heavy atom. The van der Waals surface area contributed by atoms with Crippen molar-refractivity contribution in [2.24, 2.45) is 0 Å². The molecule has 2 aliphatic heterocycles. The monoisotopic (exact) mass is 319 g/mol. The van der Waals surface area contributed by atoms with E-state index in [1.807, 2.05) is 0 Å². The molecule has 0 saturated carbocycles. The zero-order chi connectivity index (χ0) is 16.1. The Hall–Kier alpha value is -2.22. The zero-order valence-electron chi connectivity index (χ0n) is 13.0. The molecule has 8 heteroatoms. The average molecular weight is 319 g/mol. The van der Waals surface area contributed by atoms with E-state index in [9.17, 15) is 9.59 Å². The molecule has 1 aromatic heterocycles. The van der Waals surface area contributed by atoms with Gasteiger partial charge in [-0.15, -0.1) is 0 Å². The number of nitrogens with one attached hydrogen (secondary N) is 1. The maximum absolute atomic E-state index is 12.2. The Morgan fingerprint density at radius 2 is 1.96 bits per heavy atom. The zero-order valence-corrected chi connectivity index (χ0v) is 13.0. The number of nitrogens with zero attached hydrogens (tertiary/aromatic N) is 4. The molecule has 0 aliphatic carbocycles. The predicted octanol–water partition coefficient (Wildman–Crippen LogP) is -0.580. The number of piperazine rings is 1. The normalized spacial score (nSPS) is 21.3. The van der Waals surface area contributed by atoms with Gasteiger partial charge in [0.2, 0.25) is 17.8 Å². The molecule has 1 N–H and O–H groups in total. The SMILES string of the molecule is O=C(NCC(=O)N1CCN(c2ncccn2)CC1)C1CCCO1. The molecule has 8 nitrogen and oxygen atoms in total. The molecule has 2 fully saturated rings. The summed E-state index contributed by atoms with van der Waals surface area (Å²) in [5, 5.41) is 2.67. The molecule has 1 unspecified atom stereocenters. The molecule has 0 bridgehead atoms. The lowest BCUT2D eigenvalue weighted by Crippen LogP contribution is -2.52. The largest absolute Gasteiger partial charge is 0.368 e. The summed E-state index contributed by atoms with van der Waals surface area (Å²) in [6.07, 6.45) is 4.65. The average Bonchev–Trinajstić information content (AvgIpc) is 3.15. The van der Waals surface area contributed by atoms with E-state index >= 15 is 0 Å². The van der Waals surface area contributed by atoms with Crippen LogP contribution >= 0.6 is 0 Å². The van der Waals surface area contributed by atoms with Crippen molar-refractivity contribution in [3.05, 3.63) is 18.5 Å². The van der Waals surface area contributed by atoms with Crippen LogP contribution in [0.25, 0.3) is 0 Å². The highest BCUT2D eigenvalue weighted by molar-refractivity contribution is 5.87. The third-order valence-corrected chi connectivity index (χ3v) is 4.10. The minimum Gasteiger partial charge on any atom is -0.368 e. The molecule has 3 rings (SSSR count). The second-order valence-corrected chi connectivity index (χ2v) is 5.64.